The van der Waals surface area contributed by atoms with E-state index in [1.54, 1.807) is 35.7 Å². The zero-order valence-electron chi connectivity index (χ0n) is 13.1. The zero-order chi connectivity index (χ0) is 17.1. The third-order valence-electron chi connectivity index (χ3n) is 3.26. The number of aromatic nitrogens is 1. The number of likely N-dealkylation sites (N-methyl/N-ethyl adjacent to an activating group) is 1. The highest BCUT2D eigenvalue weighted by molar-refractivity contribution is 7.97. The van der Waals surface area contributed by atoms with Gasteiger partial charge in [0.1, 0.15) is 5.82 Å². The normalized spacial score (nSPS) is 13.3. The number of carbonyl (C=O) groups is 2. The van der Waals surface area contributed by atoms with E-state index in [0.717, 1.165) is 4.90 Å². The standard InChI is InChI=1S/C17H15N3O3S/c1-11(21)23-16-12-7-3-4-8-13(12)24-20(2)15(16)17(22)19-14-9-5-6-10-18-14/h3-10H,1-2H3,(H,18,19,22). The number of rotatable bonds is 3. The molecule has 1 aliphatic rings. The first-order chi connectivity index (χ1) is 11.6. The van der Waals surface area contributed by atoms with Crippen molar-refractivity contribution in [1.82, 2.24) is 9.29 Å². The van der Waals surface area contributed by atoms with Crippen LogP contribution in [0.2, 0.25) is 0 Å². The molecule has 24 heavy (non-hydrogen) atoms. The highest BCUT2D eigenvalue weighted by Gasteiger charge is 2.30. The molecule has 1 amide bonds. The van der Waals surface area contributed by atoms with E-state index >= 15 is 0 Å². The molecule has 0 radical (unpaired) electrons. The second-order valence-electron chi connectivity index (χ2n) is 5.03. The summed E-state index contributed by atoms with van der Waals surface area (Å²) in [4.78, 5) is 29.2. The van der Waals surface area contributed by atoms with Gasteiger partial charge in [-0.2, -0.15) is 0 Å². The number of hydrogen-bond acceptors (Lipinski definition) is 6. The molecule has 0 spiro atoms. The van der Waals surface area contributed by atoms with E-state index in [-0.39, 0.29) is 11.5 Å². The number of anilines is 1. The number of fused-ring (bicyclic) bond motifs is 1. The van der Waals surface area contributed by atoms with Gasteiger partial charge in [-0.1, -0.05) is 18.2 Å². The van der Waals surface area contributed by atoms with Gasteiger partial charge in [-0.05, 0) is 36.2 Å². The quantitative estimate of drug-likeness (QED) is 0.684. The second kappa shape index (κ2) is 6.76. The molecule has 0 fully saturated rings. The molecule has 0 bridgehead atoms. The Labute approximate surface area is 143 Å². The Morgan fingerprint density at radius 3 is 2.62 bits per heavy atom. The van der Waals surface area contributed by atoms with Crippen LogP contribution >= 0.6 is 11.9 Å². The smallest absolute Gasteiger partial charge is 0.308 e. The van der Waals surface area contributed by atoms with Gasteiger partial charge >= 0.3 is 5.97 Å². The molecule has 1 aromatic carbocycles. The van der Waals surface area contributed by atoms with Gasteiger partial charge in [-0.15, -0.1) is 0 Å². The predicted octanol–water partition coefficient (Wildman–Crippen LogP) is 2.90. The molecule has 0 saturated heterocycles. The molecule has 0 saturated carbocycles. The van der Waals surface area contributed by atoms with E-state index in [1.807, 2.05) is 24.3 Å². The lowest BCUT2D eigenvalue weighted by Crippen LogP contribution is -2.28. The molecule has 6 nitrogen and oxygen atoms in total. The van der Waals surface area contributed by atoms with Crippen LogP contribution in [0.5, 0.6) is 0 Å². The molecule has 2 aromatic rings. The number of esters is 1. The predicted molar refractivity (Wildman–Crippen MR) is 91.6 cm³/mol. The van der Waals surface area contributed by atoms with Crippen LogP contribution in [0.1, 0.15) is 12.5 Å². The minimum atomic E-state index is -0.483. The van der Waals surface area contributed by atoms with Crippen molar-refractivity contribution in [2.24, 2.45) is 0 Å². The van der Waals surface area contributed by atoms with Gasteiger partial charge in [-0.25, -0.2) is 4.98 Å². The fourth-order valence-electron chi connectivity index (χ4n) is 2.30. The summed E-state index contributed by atoms with van der Waals surface area (Å²) in [5, 5.41) is 2.72. The summed E-state index contributed by atoms with van der Waals surface area (Å²) >= 11 is 1.39. The molecule has 0 aliphatic carbocycles. The number of pyridine rings is 1. The largest absolute Gasteiger partial charge is 0.424 e. The maximum absolute atomic E-state index is 12.7. The molecule has 2 heterocycles. The topological polar surface area (TPSA) is 71.5 Å². The lowest BCUT2D eigenvalue weighted by atomic mass is 10.1. The molecule has 3 rings (SSSR count). The van der Waals surface area contributed by atoms with Crippen molar-refractivity contribution in [2.45, 2.75) is 11.8 Å². The second-order valence-corrected chi connectivity index (χ2v) is 6.20. The van der Waals surface area contributed by atoms with Crippen LogP contribution in [0.4, 0.5) is 5.82 Å². The average Bonchev–Trinajstić information content (AvgIpc) is 2.55. The molecule has 122 valence electrons. The first kappa shape index (κ1) is 16.1. The highest BCUT2D eigenvalue weighted by atomic mass is 32.2. The van der Waals surface area contributed by atoms with E-state index in [9.17, 15) is 9.59 Å². The monoisotopic (exact) mass is 341 g/mol. The molecular formula is C17H15N3O3S. The van der Waals surface area contributed by atoms with Gasteiger partial charge in [0, 0.05) is 30.6 Å². The third-order valence-corrected chi connectivity index (χ3v) is 4.27. The number of nitrogens with one attached hydrogen (secondary N) is 1. The number of benzene rings is 1. The van der Waals surface area contributed by atoms with Crippen molar-refractivity contribution in [3.63, 3.8) is 0 Å². The summed E-state index contributed by atoms with van der Waals surface area (Å²) in [5.74, 6) is -0.208. The maximum atomic E-state index is 12.7. The van der Waals surface area contributed by atoms with Crippen LogP contribution in [0.25, 0.3) is 5.76 Å². The van der Waals surface area contributed by atoms with Crippen LogP contribution in [-0.4, -0.2) is 28.2 Å². The van der Waals surface area contributed by atoms with Gasteiger partial charge in [0.05, 0.1) is 0 Å². The maximum Gasteiger partial charge on any atom is 0.308 e. The lowest BCUT2D eigenvalue weighted by Gasteiger charge is -2.29. The fourth-order valence-corrected chi connectivity index (χ4v) is 3.25. The SMILES string of the molecule is CC(=O)OC1=C(C(=O)Nc2ccccn2)N(C)Sc2ccccc21. The molecule has 1 aliphatic heterocycles. The van der Waals surface area contributed by atoms with Crippen molar-refractivity contribution in [3.8, 4) is 0 Å². The molecule has 1 N–H and O–H groups in total. The summed E-state index contributed by atoms with van der Waals surface area (Å²) in [6.45, 7) is 1.31. The Balaban J connectivity index is 2.04. The molecule has 0 atom stereocenters. The Kier molecular flexibility index (Phi) is 4.52. The molecule has 0 unspecified atom stereocenters. The zero-order valence-corrected chi connectivity index (χ0v) is 14.0. The Hall–Kier alpha value is -2.80. The number of ether oxygens (including phenoxy) is 1. The minimum absolute atomic E-state index is 0.243. The van der Waals surface area contributed by atoms with Gasteiger partial charge in [0.2, 0.25) is 0 Å². The van der Waals surface area contributed by atoms with Crippen molar-refractivity contribution in [2.75, 3.05) is 12.4 Å². The van der Waals surface area contributed by atoms with Gasteiger partial charge < -0.3 is 14.4 Å². The summed E-state index contributed by atoms with van der Waals surface area (Å²) in [6, 6.07) is 12.7. The van der Waals surface area contributed by atoms with Crippen LogP contribution in [-0.2, 0) is 14.3 Å². The Morgan fingerprint density at radius 1 is 1.17 bits per heavy atom. The summed E-state index contributed by atoms with van der Waals surface area (Å²) in [7, 11) is 1.75. The number of carbonyl (C=O) groups excluding carboxylic acids is 2. The van der Waals surface area contributed by atoms with Crippen molar-refractivity contribution in [3.05, 3.63) is 59.9 Å². The van der Waals surface area contributed by atoms with Crippen molar-refractivity contribution in [1.29, 1.82) is 0 Å². The van der Waals surface area contributed by atoms with Crippen LogP contribution in [0, 0.1) is 0 Å². The number of hydrogen-bond donors (Lipinski definition) is 1. The molecular weight excluding hydrogens is 326 g/mol. The van der Waals surface area contributed by atoms with Gasteiger partial charge in [0.15, 0.2) is 11.5 Å². The average molecular weight is 341 g/mol. The van der Waals surface area contributed by atoms with E-state index in [4.69, 9.17) is 4.74 Å². The molecule has 7 heteroatoms. The first-order valence-corrected chi connectivity index (χ1v) is 8.00. The number of amides is 1. The van der Waals surface area contributed by atoms with Crippen molar-refractivity contribution >= 4 is 35.4 Å². The van der Waals surface area contributed by atoms with Crippen LogP contribution in [0.3, 0.4) is 0 Å². The highest BCUT2D eigenvalue weighted by Crippen LogP contribution is 2.40. The Bertz CT molecular complexity index is 821. The van der Waals surface area contributed by atoms with Crippen LogP contribution in [0.15, 0.2) is 59.3 Å². The Morgan fingerprint density at radius 2 is 1.92 bits per heavy atom. The van der Waals surface area contributed by atoms with Crippen molar-refractivity contribution < 1.29 is 14.3 Å². The fraction of sp³-hybridized carbons (Fsp3) is 0.118. The van der Waals surface area contributed by atoms with E-state index < -0.39 is 11.9 Å². The van der Waals surface area contributed by atoms with Gasteiger partial charge in [-0.3, -0.25) is 9.59 Å². The van der Waals surface area contributed by atoms with Crippen LogP contribution < -0.4 is 5.32 Å². The minimum Gasteiger partial charge on any atom is -0.424 e. The first-order valence-electron chi connectivity index (χ1n) is 7.22. The molecule has 1 aromatic heterocycles. The summed E-state index contributed by atoms with van der Waals surface area (Å²) in [6.07, 6.45) is 1.59. The summed E-state index contributed by atoms with van der Waals surface area (Å²) in [5.41, 5.74) is 0.974. The van der Waals surface area contributed by atoms with E-state index in [1.165, 1.54) is 18.9 Å². The lowest BCUT2D eigenvalue weighted by molar-refractivity contribution is -0.134. The van der Waals surface area contributed by atoms with Gasteiger partial charge in [0.25, 0.3) is 5.91 Å². The third kappa shape index (κ3) is 3.26. The van der Waals surface area contributed by atoms with E-state index in [2.05, 4.69) is 10.3 Å². The summed E-state index contributed by atoms with van der Waals surface area (Å²) < 4.78 is 7.04. The van der Waals surface area contributed by atoms with E-state index in [0.29, 0.717) is 11.4 Å². The number of nitrogens with zero attached hydrogens (tertiary/aromatic N) is 2.